The number of fused-ring (bicyclic) bond motifs is 2. The maximum atomic E-state index is 13.5. The first kappa shape index (κ1) is 17.5. The molecule has 0 radical (unpaired) electrons. The number of benzene rings is 2. The van der Waals surface area contributed by atoms with Crippen LogP contribution >= 0.6 is 0 Å². The Labute approximate surface area is 167 Å². The van der Waals surface area contributed by atoms with Crippen molar-refractivity contribution in [1.29, 1.82) is 0 Å². The second-order valence-electron chi connectivity index (χ2n) is 7.43. The number of nitrogens with zero attached hydrogens (tertiary/aromatic N) is 1. The molecular formula is C24H19NO4. The lowest BCUT2D eigenvalue weighted by Crippen LogP contribution is -2.29. The Morgan fingerprint density at radius 1 is 0.966 bits per heavy atom. The van der Waals surface area contributed by atoms with Crippen LogP contribution < -0.4 is 5.43 Å². The SMILES string of the molecule is Cc1cc2oc3c(c(=O)c2cc1C)[C@H](c1ccccc1)N(Cc1ccco1)C3=O. The van der Waals surface area contributed by atoms with Crippen LogP contribution in [0.5, 0.6) is 0 Å². The molecule has 3 heterocycles. The van der Waals surface area contributed by atoms with Crippen LogP contribution in [0.3, 0.4) is 0 Å². The summed E-state index contributed by atoms with van der Waals surface area (Å²) in [5.74, 6) is 0.462. The van der Waals surface area contributed by atoms with Crippen molar-refractivity contribution in [3.05, 3.63) is 105 Å². The van der Waals surface area contributed by atoms with Crippen molar-refractivity contribution in [2.45, 2.75) is 26.4 Å². The van der Waals surface area contributed by atoms with Crippen LogP contribution in [0.4, 0.5) is 0 Å². The Bertz CT molecular complexity index is 1290. The maximum absolute atomic E-state index is 13.5. The van der Waals surface area contributed by atoms with E-state index in [2.05, 4.69) is 0 Å². The third-order valence-electron chi connectivity index (χ3n) is 5.60. The number of amides is 1. The van der Waals surface area contributed by atoms with E-state index >= 15 is 0 Å². The molecular weight excluding hydrogens is 366 g/mol. The lowest BCUT2D eigenvalue weighted by Gasteiger charge is -2.24. The number of rotatable bonds is 3. The Hall–Kier alpha value is -3.60. The molecule has 0 saturated heterocycles. The quantitative estimate of drug-likeness (QED) is 0.511. The summed E-state index contributed by atoms with van der Waals surface area (Å²) >= 11 is 0. The van der Waals surface area contributed by atoms with Gasteiger partial charge in [-0.1, -0.05) is 30.3 Å². The van der Waals surface area contributed by atoms with E-state index in [-0.39, 0.29) is 23.6 Å². The molecule has 4 aromatic rings. The topological polar surface area (TPSA) is 63.7 Å². The van der Waals surface area contributed by atoms with Gasteiger partial charge in [0.05, 0.1) is 29.8 Å². The van der Waals surface area contributed by atoms with Gasteiger partial charge in [-0.3, -0.25) is 9.59 Å². The van der Waals surface area contributed by atoms with E-state index in [9.17, 15) is 9.59 Å². The maximum Gasteiger partial charge on any atom is 0.291 e. The van der Waals surface area contributed by atoms with Gasteiger partial charge in [0.25, 0.3) is 5.91 Å². The molecule has 5 rings (SSSR count). The summed E-state index contributed by atoms with van der Waals surface area (Å²) in [6, 6.07) is 16.3. The Balaban J connectivity index is 1.77. The van der Waals surface area contributed by atoms with Gasteiger partial charge >= 0.3 is 0 Å². The molecule has 144 valence electrons. The van der Waals surface area contributed by atoms with Gasteiger partial charge in [-0.2, -0.15) is 0 Å². The molecule has 0 spiro atoms. The van der Waals surface area contributed by atoms with Crippen molar-refractivity contribution < 1.29 is 13.6 Å². The van der Waals surface area contributed by atoms with Crippen molar-refractivity contribution in [1.82, 2.24) is 4.90 Å². The first-order chi connectivity index (χ1) is 14.0. The predicted molar refractivity (Wildman–Crippen MR) is 109 cm³/mol. The van der Waals surface area contributed by atoms with E-state index in [1.54, 1.807) is 17.2 Å². The van der Waals surface area contributed by atoms with E-state index in [4.69, 9.17) is 8.83 Å². The highest BCUT2D eigenvalue weighted by molar-refractivity contribution is 5.99. The average Bonchev–Trinajstić information content (AvgIpc) is 3.32. The molecule has 1 aliphatic heterocycles. The fraction of sp³-hybridized carbons (Fsp3) is 0.167. The molecule has 0 aliphatic carbocycles. The lowest BCUT2D eigenvalue weighted by molar-refractivity contribution is 0.0701. The van der Waals surface area contributed by atoms with Crippen molar-refractivity contribution in [3.63, 3.8) is 0 Å². The molecule has 29 heavy (non-hydrogen) atoms. The van der Waals surface area contributed by atoms with E-state index in [1.165, 1.54) is 0 Å². The first-order valence-electron chi connectivity index (χ1n) is 9.51. The first-order valence-corrected chi connectivity index (χ1v) is 9.51. The van der Waals surface area contributed by atoms with Gasteiger partial charge in [0.1, 0.15) is 11.3 Å². The molecule has 2 aromatic heterocycles. The molecule has 1 aliphatic rings. The molecule has 5 nitrogen and oxygen atoms in total. The predicted octanol–water partition coefficient (Wildman–Crippen LogP) is 4.75. The summed E-state index contributed by atoms with van der Waals surface area (Å²) in [6.07, 6.45) is 1.57. The molecule has 1 amide bonds. The molecule has 0 saturated carbocycles. The van der Waals surface area contributed by atoms with Gasteiger partial charge in [0.15, 0.2) is 5.43 Å². The highest BCUT2D eigenvalue weighted by atomic mass is 16.3. The third kappa shape index (κ3) is 2.70. The number of hydrogen-bond acceptors (Lipinski definition) is 4. The Morgan fingerprint density at radius 3 is 2.45 bits per heavy atom. The van der Waals surface area contributed by atoms with Gasteiger partial charge in [-0.15, -0.1) is 0 Å². The Morgan fingerprint density at radius 2 is 1.72 bits per heavy atom. The molecule has 0 fully saturated rings. The minimum atomic E-state index is -0.522. The van der Waals surface area contributed by atoms with Crippen molar-refractivity contribution in [2.75, 3.05) is 0 Å². The molecule has 0 unspecified atom stereocenters. The van der Waals surface area contributed by atoms with Gasteiger partial charge in [-0.25, -0.2) is 0 Å². The van der Waals surface area contributed by atoms with Gasteiger partial charge in [0, 0.05) is 0 Å². The fourth-order valence-electron chi connectivity index (χ4n) is 3.99. The molecule has 1 atom stereocenters. The summed E-state index contributed by atoms with van der Waals surface area (Å²) in [6.45, 7) is 4.17. The summed E-state index contributed by atoms with van der Waals surface area (Å²) in [4.78, 5) is 28.4. The zero-order chi connectivity index (χ0) is 20.1. The lowest BCUT2D eigenvalue weighted by atomic mass is 9.97. The second kappa shape index (κ2) is 6.48. The van der Waals surface area contributed by atoms with E-state index in [0.29, 0.717) is 22.3 Å². The highest BCUT2D eigenvalue weighted by Crippen LogP contribution is 2.39. The standard InChI is InChI=1S/C24H19NO4/c1-14-11-18-19(12-15(14)2)29-23-20(22(18)26)21(16-7-4-3-5-8-16)25(24(23)27)13-17-9-6-10-28-17/h3-12,21H,13H2,1-2H3/t21-/m0/s1. The van der Waals surface area contributed by atoms with Crippen LogP contribution in [-0.4, -0.2) is 10.8 Å². The number of carbonyl (C=O) groups is 1. The van der Waals surface area contributed by atoms with Crippen LogP contribution in [0.1, 0.15) is 44.6 Å². The molecule has 0 N–H and O–H groups in total. The Kier molecular flexibility index (Phi) is 3.91. The van der Waals surface area contributed by atoms with Crippen LogP contribution in [0.25, 0.3) is 11.0 Å². The van der Waals surface area contributed by atoms with Gasteiger partial charge in [-0.05, 0) is 54.8 Å². The zero-order valence-electron chi connectivity index (χ0n) is 16.1. The van der Waals surface area contributed by atoms with E-state index in [0.717, 1.165) is 16.7 Å². The van der Waals surface area contributed by atoms with Crippen LogP contribution in [0.2, 0.25) is 0 Å². The minimum Gasteiger partial charge on any atom is -0.467 e. The third-order valence-corrected chi connectivity index (χ3v) is 5.60. The summed E-state index contributed by atoms with van der Waals surface area (Å²) in [5.41, 5.74) is 3.56. The largest absolute Gasteiger partial charge is 0.467 e. The smallest absolute Gasteiger partial charge is 0.291 e. The molecule has 0 bridgehead atoms. The average molecular weight is 385 g/mol. The minimum absolute atomic E-state index is 0.117. The van der Waals surface area contributed by atoms with Crippen molar-refractivity contribution in [3.8, 4) is 0 Å². The van der Waals surface area contributed by atoms with Crippen molar-refractivity contribution in [2.24, 2.45) is 0 Å². The zero-order valence-corrected chi connectivity index (χ0v) is 16.1. The van der Waals surface area contributed by atoms with Crippen molar-refractivity contribution >= 4 is 16.9 Å². The summed E-state index contributed by atoms with van der Waals surface area (Å²) in [7, 11) is 0. The van der Waals surface area contributed by atoms with Crippen LogP contribution in [-0.2, 0) is 6.54 Å². The number of furan rings is 1. The molecule has 2 aromatic carbocycles. The van der Waals surface area contributed by atoms with Gasteiger partial charge in [0.2, 0.25) is 5.76 Å². The summed E-state index contributed by atoms with van der Waals surface area (Å²) in [5, 5.41) is 0.500. The normalized spacial score (nSPS) is 15.9. The fourth-order valence-corrected chi connectivity index (χ4v) is 3.99. The molecule has 5 heteroatoms. The number of carbonyl (C=O) groups excluding carboxylic acids is 1. The van der Waals surface area contributed by atoms with Gasteiger partial charge < -0.3 is 13.7 Å². The second-order valence-corrected chi connectivity index (χ2v) is 7.43. The number of aryl methyl sites for hydroxylation is 2. The number of hydrogen-bond donors (Lipinski definition) is 0. The monoisotopic (exact) mass is 385 g/mol. The van der Waals surface area contributed by atoms with E-state index < -0.39 is 6.04 Å². The highest BCUT2D eigenvalue weighted by Gasteiger charge is 2.43. The van der Waals surface area contributed by atoms with Crippen LogP contribution in [0.15, 0.2) is 74.5 Å². The summed E-state index contributed by atoms with van der Waals surface area (Å²) < 4.78 is 11.5. The van der Waals surface area contributed by atoms with E-state index in [1.807, 2.05) is 62.4 Å². The van der Waals surface area contributed by atoms with Crippen LogP contribution in [0, 0.1) is 13.8 Å².